The largest absolute Gasteiger partial charge is 0.282 e. The molecule has 4 nitrogen and oxygen atoms in total. The molecule has 1 fully saturated rings. The smallest absolute Gasteiger partial charge is 0.267 e. The van der Waals surface area contributed by atoms with Crippen LogP contribution in [0, 0.1) is 0 Å². The molecule has 1 aliphatic rings. The van der Waals surface area contributed by atoms with Gasteiger partial charge in [0.1, 0.15) is 5.57 Å². The summed E-state index contributed by atoms with van der Waals surface area (Å²) in [6, 6.07) is 11.3. The van der Waals surface area contributed by atoms with E-state index in [0.29, 0.717) is 5.69 Å². The fourth-order valence-corrected chi connectivity index (χ4v) is 2.79. The molecule has 0 unspecified atom stereocenters. The number of carbonyl (C=O) groups is 2. The van der Waals surface area contributed by atoms with Gasteiger partial charge in [-0.3, -0.25) is 15.0 Å². The van der Waals surface area contributed by atoms with Gasteiger partial charge in [0.2, 0.25) is 0 Å². The lowest BCUT2D eigenvalue weighted by Crippen LogP contribution is -2.35. The average molecular weight is 298 g/mol. The number of hydrogen-bond donors (Lipinski definition) is 1. The van der Waals surface area contributed by atoms with Crippen molar-refractivity contribution in [2.75, 3.05) is 5.01 Å². The van der Waals surface area contributed by atoms with Crippen LogP contribution in [0.2, 0.25) is 0 Å². The Morgan fingerprint density at radius 1 is 1.19 bits per heavy atom. The number of nitrogens with zero attached hydrogens (tertiary/aromatic N) is 1. The number of amides is 2. The van der Waals surface area contributed by atoms with Crippen molar-refractivity contribution in [3.63, 3.8) is 0 Å². The van der Waals surface area contributed by atoms with E-state index in [1.54, 1.807) is 6.08 Å². The molecule has 1 N–H and O–H groups in total. The third-order valence-corrected chi connectivity index (χ3v) is 4.14. The van der Waals surface area contributed by atoms with Crippen molar-refractivity contribution in [3.05, 3.63) is 57.8 Å². The van der Waals surface area contributed by atoms with Crippen molar-refractivity contribution < 1.29 is 9.59 Å². The highest BCUT2D eigenvalue weighted by molar-refractivity contribution is 7.10. The van der Waals surface area contributed by atoms with Gasteiger partial charge in [0.15, 0.2) is 0 Å². The number of nitrogens with one attached hydrogen (secondary N) is 1. The molecule has 0 radical (unpaired) electrons. The second-order valence-electron chi connectivity index (χ2n) is 4.67. The minimum Gasteiger partial charge on any atom is -0.267 e. The summed E-state index contributed by atoms with van der Waals surface area (Å²) in [5, 5.41) is 3.20. The quantitative estimate of drug-likeness (QED) is 0.699. The number of aryl methyl sites for hydroxylation is 1. The number of benzene rings is 1. The zero-order valence-electron chi connectivity index (χ0n) is 11.5. The average Bonchev–Trinajstić information content (AvgIpc) is 3.11. The lowest BCUT2D eigenvalue weighted by molar-refractivity contribution is -0.117. The van der Waals surface area contributed by atoms with Crippen LogP contribution in [0.25, 0.3) is 6.08 Å². The van der Waals surface area contributed by atoms with Crippen molar-refractivity contribution in [3.8, 4) is 0 Å². The van der Waals surface area contributed by atoms with Crippen LogP contribution in [0.3, 0.4) is 0 Å². The fourth-order valence-electron chi connectivity index (χ4n) is 2.14. The Balaban J connectivity index is 1.89. The maximum Gasteiger partial charge on any atom is 0.282 e. The zero-order chi connectivity index (χ0) is 14.8. The molecule has 2 heterocycles. The third kappa shape index (κ3) is 2.60. The highest BCUT2D eigenvalue weighted by Gasteiger charge is 2.34. The van der Waals surface area contributed by atoms with Crippen molar-refractivity contribution >= 4 is 34.9 Å². The van der Waals surface area contributed by atoms with Gasteiger partial charge in [0.05, 0.1) is 5.69 Å². The van der Waals surface area contributed by atoms with Crippen molar-refractivity contribution in [1.82, 2.24) is 5.43 Å². The van der Waals surface area contributed by atoms with Gasteiger partial charge in [0.25, 0.3) is 11.8 Å². The van der Waals surface area contributed by atoms with Gasteiger partial charge in [-0.15, -0.1) is 11.3 Å². The Bertz CT molecular complexity index is 702. The van der Waals surface area contributed by atoms with Crippen molar-refractivity contribution in [2.24, 2.45) is 0 Å². The maximum absolute atomic E-state index is 12.4. The lowest BCUT2D eigenvalue weighted by atomic mass is 10.1. The van der Waals surface area contributed by atoms with Gasteiger partial charge < -0.3 is 0 Å². The molecule has 1 aromatic heterocycles. The van der Waals surface area contributed by atoms with Gasteiger partial charge in [-0.25, -0.2) is 5.01 Å². The Morgan fingerprint density at radius 2 is 1.95 bits per heavy atom. The summed E-state index contributed by atoms with van der Waals surface area (Å²) in [5.41, 5.74) is 4.62. The highest BCUT2D eigenvalue weighted by Crippen LogP contribution is 2.23. The summed E-state index contributed by atoms with van der Waals surface area (Å²) in [6.07, 6.45) is 2.56. The SMILES string of the molecule is CCc1ccc(N2NC(=O)/C(=C\c3cccs3)C2=O)cc1. The van der Waals surface area contributed by atoms with E-state index in [-0.39, 0.29) is 17.4 Å². The summed E-state index contributed by atoms with van der Waals surface area (Å²) < 4.78 is 0. The molecule has 0 bridgehead atoms. The summed E-state index contributed by atoms with van der Waals surface area (Å²) in [5.74, 6) is -0.689. The molecular formula is C16H14N2O2S. The standard InChI is InChI=1S/C16H14N2O2S/c1-2-11-5-7-12(8-6-11)18-16(20)14(15(19)17-18)10-13-4-3-9-21-13/h3-10H,2H2,1H3,(H,17,19)/b14-10+. The lowest BCUT2D eigenvalue weighted by Gasteiger charge is -2.14. The van der Waals surface area contributed by atoms with Crippen molar-refractivity contribution in [1.29, 1.82) is 0 Å². The Kier molecular flexibility index (Phi) is 3.58. The molecule has 0 atom stereocenters. The minimum atomic E-state index is -0.368. The molecule has 0 aliphatic carbocycles. The number of hydrogen-bond acceptors (Lipinski definition) is 3. The van der Waals surface area contributed by atoms with E-state index >= 15 is 0 Å². The fraction of sp³-hybridized carbons (Fsp3) is 0.125. The van der Waals surface area contributed by atoms with E-state index < -0.39 is 0 Å². The third-order valence-electron chi connectivity index (χ3n) is 3.32. The van der Waals surface area contributed by atoms with E-state index in [1.165, 1.54) is 21.9 Å². The van der Waals surface area contributed by atoms with Crippen LogP contribution in [0.5, 0.6) is 0 Å². The van der Waals surface area contributed by atoms with Crippen LogP contribution in [0.4, 0.5) is 5.69 Å². The van der Waals surface area contributed by atoms with Gasteiger partial charge in [-0.05, 0) is 41.6 Å². The van der Waals surface area contributed by atoms with E-state index in [4.69, 9.17) is 0 Å². The summed E-state index contributed by atoms with van der Waals surface area (Å²) in [6.45, 7) is 2.07. The number of rotatable bonds is 3. The van der Waals surface area contributed by atoms with Crippen LogP contribution >= 0.6 is 11.3 Å². The number of thiophene rings is 1. The first-order valence-electron chi connectivity index (χ1n) is 6.68. The van der Waals surface area contributed by atoms with Crippen LogP contribution in [0.1, 0.15) is 17.4 Å². The Labute approximate surface area is 126 Å². The molecule has 5 heteroatoms. The predicted molar refractivity (Wildman–Crippen MR) is 83.7 cm³/mol. The normalized spacial score (nSPS) is 16.6. The monoisotopic (exact) mass is 298 g/mol. The molecule has 0 saturated carbocycles. The molecule has 1 aromatic carbocycles. The molecule has 1 saturated heterocycles. The molecular weight excluding hydrogens is 284 g/mol. The maximum atomic E-state index is 12.4. The Hall–Kier alpha value is -2.40. The van der Waals surface area contributed by atoms with Crippen molar-refractivity contribution in [2.45, 2.75) is 13.3 Å². The van der Waals surface area contributed by atoms with Crippen LogP contribution in [-0.2, 0) is 16.0 Å². The van der Waals surface area contributed by atoms with E-state index in [9.17, 15) is 9.59 Å². The predicted octanol–water partition coefficient (Wildman–Crippen LogP) is 2.77. The van der Waals surface area contributed by atoms with Crippen LogP contribution in [0.15, 0.2) is 47.4 Å². The highest BCUT2D eigenvalue weighted by atomic mass is 32.1. The molecule has 106 valence electrons. The van der Waals surface area contributed by atoms with Gasteiger partial charge >= 0.3 is 0 Å². The number of hydrazine groups is 1. The van der Waals surface area contributed by atoms with Gasteiger partial charge in [-0.1, -0.05) is 25.1 Å². The topological polar surface area (TPSA) is 49.4 Å². The molecule has 1 aliphatic heterocycles. The molecule has 21 heavy (non-hydrogen) atoms. The summed E-state index contributed by atoms with van der Waals surface area (Å²) in [4.78, 5) is 25.2. The molecule has 0 spiro atoms. The molecule has 2 aromatic rings. The summed E-state index contributed by atoms with van der Waals surface area (Å²) >= 11 is 1.49. The van der Waals surface area contributed by atoms with Gasteiger partial charge in [0, 0.05) is 4.88 Å². The molecule has 2 amide bonds. The number of carbonyl (C=O) groups excluding carboxylic acids is 2. The summed E-state index contributed by atoms with van der Waals surface area (Å²) in [7, 11) is 0. The van der Waals surface area contributed by atoms with E-state index in [0.717, 1.165) is 11.3 Å². The first-order chi connectivity index (χ1) is 10.2. The molecule has 3 rings (SSSR count). The Morgan fingerprint density at radius 3 is 2.57 bits per heavy atom. The first-order valence-corrected chi connectivity index (χ1v) is 7.56. The minimum absolute atomic E-state index is 0.164. The zero-order valence-corrected chi connectivity index (χ0v) is 12.3. The van der Waals surface area contributed by atoms with Gasteiger partial charge in [-0.2, -0.15) is 0 Å². The second-order valence-corrected chi connectivity index (χ2v) is 5.65. The van der Waals surface area contributed by atoms with E-state index in [1.807, 2.05) is 41.8 Å². The van der Waals surface area contributed by atoms with Crippen LogP contribution < -0.4 is 10.4 Å². The van der Waals surface area contributed by atoms with Crippen LogP contribution in [-0.4, -0.2) is 11.8 Å². The second kappa shape index (κ2) is 5.54. The number of anilines is 1. The van der Waals surface area contributed by atoms with E-state index in [2.05, 4.69) is 12.3 Å². The first kappa shape index (κ1) is 13.6.